The predicted octanol–water partition coefficient (Wildman–Crippen LogP) is 2.37. The van der Waals surface area contributed by atoms with Gasteiger partial charge in [-0.2, -0.15) is 0 Å². The van der Waals surface area contributed by atoms with Crippen molar-refractivity contribution in [3.8, 4) is 5.75 Å². The fraction of sp³-hybridized carbons (Fsp3) is 0.571. The lowest BCUT2D eigenvalue weighted by Crippen LogP contribution is -2.19. The Bertz CT molecular complexity index is 435. The molecular formula is C14H22N2O4. The number of nitro benzene ring substituents is 1. The first kappa shape index (κ1) is 16.4. The van der Waals surface area contributed by atoms with Gasteiger partial charge in [0, 0.05) is 31.4 Å². The molecule has 1 rings (SSSR count). The van der Waals surface area contributed by atoms with E-state index < -0.39 is 4.92 Å². The van der Waals surface area contributed by atoms with Gasteiger partial charge < -0.3 is 14.8 Å². The molecule has 0 amide bonds. The fourth-order valence-corrected chi connectivity index (χ4v) is 1.69. The van der Waals surface area contributed by atoms with Gasteiger partial charge in [0.15, 0.2) is 0 Å². The average molecular weight is 282 g/mol. The largest absolute Gasteiger partial charge is 0.491 e. The van der Waals surface area contributed by atoms with E-state index >= 15 is 0 Å². The van der Waals surface area contributed by atoms with Crippen LogP contribution in [0.15, 0.2) is 18.2 Å². The molecule has 0 aliphatic carbocycles. The molecule has 0 aliphatic rings. The van der Waals surface area contributed by atoms with Crippen molar-refractivity contribution < 1.29 is 14.4 Å². The molecule has 0 heterocycles. The van der Waals surface area contributed by atoms with Crippen LogP contribution in [-0.4, -0.2) is 31.8 Å². The summed E-state index contributed by atoms with van der Waals surface area (Å²) in [5.74, 6) is 1.18. The maximum Gasteiger partial charge on any atom is 0.270 e. The number of nitrogens with zero attached hydrogens (tertiary/aromatic N) is 1. The quantitative estimate of drug-likeness (QED) is 0.427. The van der Waals surface area contributed by atoms with Crippen LogP contribution in [0.25, 0.3) is 0 Å². The normalized spacial score (nSPS) is 10.8. The minimum absolute atomic E-state index is 0.0745. The lowest BCUT2D eigenvalue weighted by atomic mass is 10.1. The van der Waals surface area contributed by atoms with Gasteiger partial charge in [0.1, 0.15) is 12.4 Å². The second kappa shape index (κ2) is 8.50. The number of nitro groups is 1. The molecule has 0 bridgehead atoms. The van der Waals surface area contributed by atoms with Crippen LogP contribution in [0.5, 0.6) is 5.75 Å². The first-order chi connectivity index (χ1) is 9.54. The van der Waals surface area contributed by atoms with Crippen molar-refractivity contribution in [1.82, 2.24) is 5.32 Å². The van der Waals surface area contributed by atoms with Crippen LogP contribution in [0, 0.1) is 16.0 Å². The van der Waals surface area contributed by atoms with Crippen LogP contribution in [0.3, 0.4) is 0 Å². The first-order valence-corrected chi connectivity index (χ1v) is 6.64. The maximum absolute atomic E-state index is 10.8. The molecule has 6 nitrogen and oxygen atoms in total. The third kappa shape index (κ3) is 5.54. The van der Waals surface area contributed by atoms with Gasteiger partial charge in [0.25, 0.3) is 5.69 Å². The number of benzene rings is 1. The highest BCUT2D eigenvalue weighted by molar-refractivity contribution is 5.43. The molecule has 112 valence electrons. The number of methoxy groups -OCH3 is 1. The molecule has 0 atom stereocenters. The minimum Gasteiger partial charge on any atom is -0.491 e. The van der Waals surface area contributed by atoms with Crippen molar-refractivity contribution in [2.75, 3.05) is 26.9 Å². The Morgan fingerprint density at radius 3 is 2.70 bits per heavy atom. The Balaban J connectivity index is 2.77. The van der Waals surface area contributed by atoms with E-state index in [1.165, 1.54) is 6.07 Å². The van der Waals surface area contributed by atoms with Gasteiger partial charge in [-0.1, -0.05) is 13.8 Å². The van der Waals surface area contributed by atoms with Crippen molar-refractivity contribution in [1.29, 1.82) is 0 Å². The van der Waals surface area contributed by atoms with E-state index in [0.717, 1.165) is 12.1 Å². The molecule has 0 aliphatic heterocycles. The molecule has 0 radical (unpaired) electrons. The standard InChI is InChI=1S/C14H22N2O4/c1-11(2)9-15-10-12-8-13(16(17)18)4-5-14(12)20-7-6-19-3/h4-5,8,11,15H,6-7,9-10H2,1-3H3. The molecule has 1 aromatic rings. The van der Waals surface area contributed by atoms with Gasteiger partial charge in [0.2, 0.25) is 0 Å². The van der Waals surface area contributed by atoms with Crippen molar-refractivity contribution in [2.45, 2.75) is 20.4 Å². The Morgan fingerprint density at radius 1 is 1.35 bits per heavy atom. The van der Waals surface area contributed by atoms with Crippen LogP contribution >= 0.6 is 0 Å². The number of hydrogen-bond donors (Lipinski definition) is 1. The highest BCUT2D eigenvalue weighted by atomic mass is 16.6. The molecule has 0 spiro atoms. The molecule has 0 saturated heterocycles. The Kier molecular flexibility index (Phi) is 6.97. The molecule has 0 fully saturated rings. The van der Waals surface area contributed by atoms with E-state index in [2.05, 4.69) is 19.2 Å². The Morgan fingerprint density at radius 2 is 2.10 bits per heavy atom. The third-order valence-electron chi connectivity index (χ3n) is 2.67. The highest BCUT2D eigenvalue weighted by Crippen LogP contribution is 2.24. The van der Waals surface area contributed by atoms with E-state index in [9.17, 15) is 10.1 Å². The smallest absolute Gasteiger partial charge is 0.270 e. The van der Waals surface area contributed by atoms with Crippen LogP contribution < -0.4 is 10.1 Å². The average Bonchev–Trinajstić information content (AvgIpc) is 2.39. The number of nitrogens with one attached hydrogen (secondary N) is 1. The Labute approximate surface area is 119 Å². The minimum atomic E-state index is -0.398. The summed E-state index contributed by atoms with van der Waals surface area (Å²) in [7, 11) is 1.60. The van der Waals surface area contributed by atoms with Gasteiger partial charge in [-0.05, 0) is 18.5 Å². The van der Waals surface area contributed by atoms with Gasteiger partial charge in [0.05, 0.1) is 11.5 Å². The summed E-state index contributed by atoms with van der Waals surface area (Å²) in [6, 6.07) is 4.64. The summed E-state index contributed by atoms with van der Waals surface area (Å²) in [6.07, 6.45) is 0. The second-order valence-electron chi connectivity index (χ2n) is 4.92. The van der Waals surface area contributed by atoms with E-state index in [1.807, 2.05) is 0 Å². The summed E-state index contributed by atoms with van der Waals surface area (Å²) < 4.78 is 10.5. The van der Waals surface area contributed by atoms with E-state index in [-0.39, 0.29) is 5.69 Å². The van der Waals surface area contributed by atoms with E-state index in [0.29, 0.717) is 31.4 Å². The fourth-order valence-electron chi connectivity index (χ4n) is 1.69. The zero-order valence-electron chi connectivity index (χ0n) is 12.2. The third-order valence-corrected chi connectivity index (χ3v) is 2.67. The second-order valence-corrected chi connectivity index (χ2v) is 4.92. The van der Waals surface area contributed by atoms with Crippen LogP contribution in [0.1, 0.15) is 19.4 Å². The molecule has 6 heteroatoms. The lowest BCUT2D eigenvalue weighted by molar-refractivity contribution is -0.384. The summed E-state index contributed by atoms with van der Waals surface area (Å²) in [6.45, 7) is 6.51. The van der Waals surface area contributed by atoms with Crippen molar-refractivity contribution in [3.63, 3.8) is 0 Å². The van der Waals surface area contributed by atoms with Crippen LogP contribution in [0.4, 0.5) is 5.69 Å². The zero-order chi connectivity index (χ0) is 15.0. The monoisotopic (exact) mass is 282 g/mol. The number of hydrogen-bond acceptors (Lipinski definition) is 5. The number of ether oxygens (including phenoxy) is 2. The zero-order valence-corrected chi connectivity index (χ0v) is 12.2. The van der Waals surface area contributed by atoms with Crippen LogP contribution in [0.2, 0.25) is 0 Å². The summed E-state index contributed by atoms with van der Waals surface area (Å²) in [5.41, 5.74) is 0.862. The SMILES string of the molecule is COCCOc1ccc([N+](=O)[O-])cc1CNCC(C)C. The van der Waals surface area contributed by atoms with Crippen molar-refractivity contribution in [3.05, 3.63) is 33.9 Å². The van der Waals surface area contributed by atoms with Gasteiger partial charge in [-0.15, -0.1) is 0 Å². The predicted molar refractivity (Wildman–Crippen MR) is 77.0 cm³/mol. The van der Waals surface area contributed by atoms with Gasteiger partial charge in [-0.3, -0.25) is 10.1 Å². The molecule has 0 aromatic heterocycles. The molecular weight excluding hydrogens is 260 g/mol. The maximum atomic E-state index is 10.8. The molecule has 0 unspecified atom stereocenters. The summed E-state index contributed by atoms with van der Waals surface area (Å²) >= 11 is 0. The topological polar surface area (TPSA) is 73.6 Å². The number of rotatable bonds is 9. The summed E-state index contributed by atoms with van der Waals surface area (Å²) in [5, 5.41) is 14.1. The molecule has 1 N–H and O–H groups in total. The lowest BCUT2D eigenvalue weighted by Gasteiger charge is -2.13. The Hall–Kier alpha value is -1.66. The number of non-ortho nitro benzene ring substituents is 1. The molecule has 1 aromatic carbocycles. The molecule has 0 saturated carbocycles. The first-order valence-electron chi connectivity index (χ1n) is 6.64. The molecule has 20 heavy (non-hydrogen) atoms. The van der Waals surface area contributed by atoms with Crippen molar-refractivity contribution >= 4 is 5.69 Å². The van der Waals surface area contributed by atoms with Gasteiger partial charge >= 0.3 is 0 Å². The van der Waals surface area contributed by atoms with Gasteiger partial charge in [-0.25, -0.2) is 0 Å². The summed E-state index contributed by atoms with van der Waals surface area (Å²) in [4.78, 5) is 10.4. The van der Waals surface area contributed by atoms with Crippen molar-refractivity contribution in [2.24, 2.45) is 5.92 Å². The van der Waals surface area contributed by atoms with E-state index in [1.54, 1.807) is 19.2 Å². The van der Waals surface area contributed by atoms with E-state index in [4.69, 9.17) is 9.47 Å². The van der Waals surface area contributed by atoms with Crippen LogP contribution in [-0.2, 0) is 11.3 Å². The highest BCUT2D eigenvalue weighted by Gasteiger charge is 2.11.